The molecule has 1 N–H and O–H groups in total. The number of thiophene rings is 1. The fourth-order valence-corrected chi connectivity index (χ4v) is 4.89. The Hall–Kier alpha value is -3.17. The number of para-hydroxylation sites is 1. The molecule has 5 rings (SSSR count). The number of ketones is 1. The molecule has 4 aromatic rings. The van der Waals surface area contributed by atoms with Crippen molar-refractivity contribution >= 4 is 33.3 Å². The minimum absolute atomic E-state index is 0.0972. The van der Waals surface area contributed by atoms with Crippen molar-refractivity contribution in [3.63, 3.8) is 0 Å². The zero-order valence-electron chi connectivity index (χ0n) is 17.4. The van der Waals surface area contributed by atoms with Crippen LogP contribution in [0, 0.1) is 18.8 Å². The third kappa shape index (κ3) is 3.70. The monoisotopic (exact) mass is 433 g/mol. The summed E-state index contributed by atoms with van der Waals surface area (Å²) in [7, 11) is 0. The van der Waals surface area contributed by atoms with E-state index in [0.717, 1.165) is 23.2 Å². The van der Waals surface area contributed by atoms with E-state index in [4.69, 9.17) is 4.98 Å². The quantitative estimate of drug-likeness (QED) is 0.493. The van der Waals surface area contributed by atoms with Gasteiger partial charge in [0.15, 0.2) is 5.78 Å². The van der Waals surface area contributed by atoms with Crippen LogP contribution >= 0.6 is 11.3 Å². The van der Waals surface area contributed by atoms with Crippen molar-refractivity contribution in [3.8, 4) is 5.69 Å². The highest BCUT2D eigenvalue weighted by Crippen LogP contribution is 2.28. The van der Waals surface area contributed by atoms with Crippen LogP contribution in [0.15, 0.2) is 48.2 Å². The SMILES string of the molecule is Cc1csc2nc(N3CC[C@@H](C)C(C(=O)c4ccccc4-n4nccn4)CN3)ncc12. The molecule has 3 aromatic heterocycles. The van der Waals surface area contributed by atoms with Crippen molar-refractivity contribution in [2.75, 3.05) is 18.1 Å². The summed E-state index contributed by atoms with van der Waals surface area (Å²) in [6.07, 6.45) is 5.97. The van der Waals surface area contributed by atoms with Crippen LogP contribution < -0.4 is 10.4 Å². The maximum Gasteiger partial charge on any atom is 0.241 e. The largest absolute Gasteiger partial charge is 0.294 e. The number of nitrogens with zero attached hydrogens (tertiary/aromatic N) is 6. The van der Waals surface area contributed by atoms with Crippen LogP contribution in [0.1, 0.15) is 29.3 Å². The van der Waals surface area contributed by atoms with Crippen molar-refractivity contribution in [1.29, 1.82) is 0 Å². The molecule has 1 aliphatic rings. The predicted octanol–water partition coefficient (Wildman–Crippen LogP) is 3.43. The Morgan fingerprint density at radius 2 is 2.03 bits per heavy atom. The summed E-state index contributed by atoms with van der Waals surface area (Å²) in [5.41, 5.74) is 5.94. The van der Waals surface area contributed by atoms with Crippen LogP contribution in [0.5, 0.6) is 0 Å². The van der Waals surface area contributed by atoms with Gasteiger partial charge in [-0.3, -0.25) is 9.80 Å². The molecule has 0 spiro atoms. The molecule has 1 unspecified atom stereocenters. The predicted molar refractivity (Wildman–Crippen MR) is 120 cm³/mol. The zero-order valence-corrected chi connectivity index (χ0v) is 18.2. The maximum atomic E-state index is 13.5. The highest BCUT2D eigenvalue weighted by molar-refractivity contribution is 7.16. The molecule has 9 heteroatoms. The highest BCUT2D eigenvalue weighted by atomic mass is 32.1. The molecule has 1 aliphatic heterocycles. The standard InChI is InChI=1S/C22H23N7OS/c1-14-7-10-28(22-23-11-18-15(2)13-31-21(18)27-22)26-12-17(14)20(30)16-5-3-4-6-19(16)29-24-8-9-25-29/h3-6,8-9,11,13-14,17,26H,7,10,12H2,1-2H3/t14-,17?/m1/s1. The summed E-state index contributed by atoms with van der Waals surface area (Å²) in [6, 6.07) is 7.51. The first-order valence-corrected chi connectivity index (χ1v) is 11.2. The molecule has 0 saturated carbocycles. The molecule has 2 atom stereocenters. The van der Waals surface area contributed by atoms with E-state index in [-0.39, 0.29) is 17.6 Å². The van der Waals surface area contributed by atoms with Gasteiger partial charge in [-0.2, -0.15) is 15.0 Å². The minimum Gasteiger partial charge on any atom is -0.294 e. The van der Waals surface area contributed by atoms with Crippen LogP contribution in [0.2, 0.25) is 0 Å². The van der Waals surface area contributed by atoms with E-state index in [0.29, 0.717) is 23.7 Å². The summed E-state index contributed by atoms with van der Waals surface area (Å²) in [5, 5.41) is 13.6. The van der Waals surface area contributed by atoms with E-state index in [1.54, 1.807) is 23.7 Å². The van der Waals surface area contributed by atoms with Crippen LogP contribution in [-0.4, -0.2) is 43.8 Å². The highest BCUT2D eigenvalue weighted by Gasteiger charge is 2.31. The van der Waals surface area contributed by atoms with E-state index in [1.165, 1.54) is 10.4 Å². The molecule has 1 fully saturated rings. The lowest BCUT2D eigenvalue weighted by molar-refractivity contribution is 0.0881. The number of rotatable bonds is 4. The van der Waals surface area contributed by atoms with Crippen LogP contribution in [0.25, 0.3) is 15.9 Å². The minimum atomic E-state index is -0.172. The van der Waals surface area contributed by atoms with Crippen LogP contribution in [0.4, 0.5) is 5.95 Å². The van der Waals surface area contributed by atoms with Crippen LogP contribution in [-0.2, 0) is 0 Å². The smallest absolute Gasteiger partial charge is 0.241 e. The Kier molecular flexibility index (Phi) is 5.21. The number of nitrogens with one attached hydrogen (secondary N) is 1. The van der Waals surface area contributed by atoms with Gasteiger partial charge in [-0.15, -0.1) is 11.3 Å². The first-order valence-electron chi connectivity index (χ1n) is 10.3. The second-order valence-corrected chi connectivity index (χ2v) is 8.75. The molecular weight excluding hydrogens is 410 g/mol. The number of benzene rings is 1. The first-order chi connectivity index (χ1) is 15.1. The molecular formula is C22H23N7OS. The van der Waals surface area contributed by atoms with Crippen molar-refractivity contribution in [2.45, 2.75) is 20.3 Å². The Morgan fingerprint density at radius 1 is 1.23 bits per heavy atom. The molecule has 1 aromatic carbocycles. The molecule has 0 bridgehead atoms. The first kappa shape index (κ1) is 19.8. The third-order valence-corrected chi connectivity index (χ3v) is 6.90. The van der Waals surface area contributed by atoms with Gasteiger partial charge in [-0.25, -0.2) is 15.4 Å². The van der Waals surface area contributed by atoms with Gasteiger partial charge in [0.05, 0.1) is 18.1 Å². The van der Waals surface area contributed by atoms with Gasteiger partial charge in [0.2, 0.25) is 5.95 Å². The molecule has 0 radical (unpaired) electrons. The van der Waals surface area contributed by atoms with E-state index >= 15 is 0 Å². The topological polar surface area (TPSA) is 88.8 Å². The van der Waals surface area contributed by atoms with Crippen molar-refractivity contribution in [3.05, 3.63) is 59.4 Å². The van der Waals surface area contributed by atoms with Gasteiger partial charge < -0.3 is 0 Å². The van der Waals surface area contributed by atoms with E-state index in [9.17, 15) is 4.79 Å². The van der Waals surface area contributed by atoms with Crippen molar-refractivity contribution in [2.24, 2.45) is 11.8 Å². The van der Waals surface area contributed by atoms with E-state index < -0.39 is 0 Å². The van der Waals surface area contributed by atoms with Crippen molar-refractivity contribution < 1.29 is 4.79 Å². The summed E-state index contributed by atoms with van der Waals surface area (Å²) >= 11 is 1.63. The number of hydrogen-bond donors (Lipinski definition) is 1. The lowest BCUT2D eigenvalue weighted by Crippen LogP contribution is -2.41. The fraction of sp³-hybridized carbons (Fsp3) is 0.318. The average Bonchev–Trinajstić information content (AvgIpc) is 3.41. The molecule has 4 heterocycles. The van der Waals surface area contributed by atoms with E-state index in [1.807, 2.05) is 35.5 Å². The Labute approximate surface area is 183 Å². The summed E-state index contributed by atoms with van der Waals surface area (Å²) in [6.45, 7) is 5.46. The van der Waals surface area contributed by atoms with Gasteiger partial charge in [0.25, 0.3) is 0 Å². The number of carbonyl (C=O) groups excluding carboxylic acids is 1. The molecule has 0 amide bonds. The number of aromatic nitrogens is 5. The maximum absolute atomic E-state index is 13.5. The van der Waals surface area contributed by atoms with Gasteiger partial charge >= 0.3 is 0 Å². The van der Waals surface area contributed by atoms with Crippen molar-refractivity contribution in [1.82, 2.24) is 30.4 Å². The number of hydrazine groups is 1. The van der Waals surface area contributed by atoms with Crippen LogP contribution in [0.3, 0.4) is 0 Å². The second kappa shape index (κ2) is 8.16. The Balaban J connectivity index is 1.39. The molecule has 158 valence electrons. The average molecular weight is 434 g/mol. The second-order valence-electron chi connectivity index (χ2n) is 7.89. The summed E-state index contributed by atoms with van der Waals surface area (Å²) < 4.78 is 0. The molecule has 1 saturated heterocycles. The number of anilines is 1. The molecule has 0 aliphatic carbocycles. The number of hydrogen-bond acceptors (Lipinski definition) is 8. The lowest BCUT2D eigenvalue weighted by Gasteiger charge is -2.22. The summed E-state index contributed by atoms with van der Waals surface area (Å²) in [4.78, 5) is 25.3. The van der Waals surface area contributed by atoms with Gasteiger partial charge in [-0.05, 0) is 42.3 Å². The molecule has 31 heavy (non-hydrogen) atoms. The number of Topliss-reactive ketones (excluding diaryl/α,β-unsaturated/α-hetero) is 1. The Bertz CT molecular complexity index is 1220. The fourth-order valence-electron chi connectivity index (χ4n) is 4.00. The third-order valence-electron chi connectivity index (χ3n) is 5.89. The summed E-state index contributed by atoms with van der Waals surface area (Å²) in [5.74, 6) is 0.779. The zero-order chi connectivity index (χ0) is 21.4. The normalized spacial score (nSPS) is 19.5. The lowest BCUT2D eigenvalue weighted by atomic mass is 9.85. The van der Waals surface area contributed by atoms with Gasteiger partial charge in [0, 0.05) is 36.2 Å². The number of aryl methyl sites for hydroxylation is 1. The van der Waals surface area contributed by atoms with E-state index in [2.05, 4.69) is 39.8 Å². The molecule has 8 nitrogen and oxygen atoms in total. The van der Waals surface area contributed by atoms with Gasteiger partial charge in [0.1, 0.15) is 4.83 Å². The Morgan fingerprint density at radius 3 is 2.87 bits per heavy atom. The van der Waals surface area contributed by atoms with Gasteiger partial charge in [-0.1, -0.05) is 19.1 Å². The number of fused-ring (bicyclic) bond motifs is 1. The number of carbonyl (C=O) groups is 1.